The van der Waals surface area contributed by atoms with Gasteiger partial charge in [-0.15, -0.1) is 0 Å². The Morgan fingerprint density at radius 3 is 2.73 bits per heavy atom. The van der Waals surface area contributed by atoms with Crippen LogP contribution in [-0.2, 0) is 14.8 Å². The number of piperidine rings is 1. The number of hydrogen-bond donors (Lipinski definition) is 1. The largest absolute Gasteiger partial charge is 0.451 e. The predicted molar refractivity (Wildman–Crippen MR) is 114 cm³/mol. The zero-order valence-electron chi connectivity index (χ0n) is 17.6. The van der Waals surface area contributed by atoms with Crippen molar-refractivity contribution in [2.24, 2.45) is 11.8 Å². The van der Waals surface area contributed by atoms with E-state index in [-0.39, 0.29) is 16.6 Å². The third-order valence-corrected chi connectivity index (χ3v) is 8.12. The van der Waals surface area contributed by atoms with Gasteiger partial charge in [-0.2, -0.15) is 4.31 Å². The van der Waals surface area contributed by atoms with E-state index in [2.05, 4.69) is 12.2 Å². The lowest BCUT2D eigenvalue weighted by atomic mass is 10.0. The van der Waals surface area contributed by atoms with Crippen molar-refractivity contribution in [2.75, 3.05) is 32.8 Å². The Morgan fingerprint density at radius 2 is 2.00 bits per heavy atom. The van der Waals surface area contributed by atoms with E-state index in [0.29, 0.717) is 48.0 Å². The molecule has 1 aromatic carbocycles. The molecule has 164 valence electrons. The number of amides is 1. The summed E-state index contributed by atoms with van der Waals surface area (Å²) in [6.45, 7) is 7.03. The van der Waals surface area contributed by atoms with Gasteiger partial charge in [-0.05, 0) is 62.6 Å². The number of fused-ring (bicyclic) bond motifs is 1. The monoisotopic (exact) mass is 434 g/mol. The molecule has 1 amide bonds. The van der Waals surface area contributed by atoms with E-state index in [9.17, 15) is 13.2 Å². The van der Waals surface area contributed by atoms with Gasteiger partial charge in [0, 0.05) is 43.8 Å². The zero-order chi connectivity index (χ0) is 21.3. The van der Waals surface area contributed by atoms with Crippen LogP contribution in [0, 0.1) is 18.8 Å². The average molecular weight is 435 g/mol. The number of nitrogens with zero attached hydrogens (tertiary/aromatic N) is 1. The van der Waals surface area contributed by atoms with Gasteiger partial charge >= 0.3 is 0 Å². The number of hydrogen-bond acceptors (Lipinski definition) is 5. The van der Waals surface area contributed by atoms with Crippen molar-refractivity contribution in [2.45, 2.75) is 44.4 Å². The van der Waals surface area contributed by atoms with Crippen molar-refractivity contribution < 1.29 is 22.4 Å². The van der Waals surface area contributed by atoms with Crippen LogP contribution in [0.15, 0.2) is 27.5 Å². The quantitative estimate of drug-likeness (QED) is 0.780. The molecule has 8 heteroatoms. The summed E-state index contributed by atoms with van der Waals surface area (Å²) in [4.78, 5) is 12.9. The Hall–Kier alpha value is -1.90. The van der Waals surface area contributed by atoms with Crippen molar-refractivity contribution in [3.05, 3.63) is 29.5 Å². The lowest BCUT2D eigenvalue weighted by molar-refractivity contribution is 0.0639. The summed E-state index contributed by atoms with van der Waals surface area (Å²) in [5.74, 6) is 0.762. The maximum atomic E-state index is 13.1. The Kier molecular flexibility index (Phi) is 6.18. The molecule has 1 unspecified atom stereocenters. The summed E-state index contributed by atoms with van der Waals surface area (Å²) < 4.78 is 38.9. The highest BCUT2D eigenvalue weighted by atomic mass is 32.2. The molecule has 0 spiro atoms. The number of benzene rings is 1. The minimum absolute atomic E-state index is 0.248. The SMILES string of the molecule is Cc1c(C(=O)NCC2CCOCC2)oc2ccc(S(=O)(=O)N3CCCC(C)C3)cc12. The first kappa shape index (κ1) is 21.3. The molecular formula is C22H30N2O5S. The van der Waals surface area contributed by atoms with Crippen LogP contribution in [0.4, 0.5) is 0 Å². The van der Waals surface area contributed by atoms with Crippen molar-refractivity contribution in [3.8, 4) is 0 Å². The summed E-state index contributed by atoms with van der Waals surface area (Å²) in [6.07, 6.45) is 3.81. The summed E-state index contributed by atoms with van der Waals surface area (Å²) in [7, 11) is -3.56. The number of carbonyl (C=O) groups is 1. The summed E-state index contributed by atoms with van der Waals surface area (Å²) in [6, 6.07) is 4.86. The van der Waals surface area contributed by atoms with Crippen LogP contribution in [-0.4, -0.2) is 51.5 Å². The molecule has 2 fully saturated rings. The van der Waals surface area contributed by atoms with Gasteiger partial charge in [0.05, 0.1) is 4.90 Å². The highest BCUT2D eigenvalue weighted by molar-refractivity contribution is 7.89. The van der Waals surface area contributed by atoms with Crippen LogP contribution in [0.1, 0.15) is 48.7 Å². The van der Waals surface area contributed by atoms with E-state index in [0.717, 1.165) is 38.9 Å². The van der Waals surface area contributed by atoms with Gasteiger partial charge in [0.15, 0.2) is 5.76 Å². The van der Waals surface area contributed by atoms with Crippen molar-refractivity contribution in [3.63, 3.8) is 0 Å². The van der Waals surface area contributed by atoms with Crippen LogP contribution in [0.3, 0.4) is 0 Å². The Balaban J connectivity index is 1.55. The molecule has 4 rings (SSSR count). The molecule has 0 aliphatic carbocycles. The minimum Gasteiger partial charge on any atom is -0.451 e. The molecule has 2 aliphatic rings. The van der Waals surface area contributed by atoms with Crippen LogP contribution in [0.2, 0.25) is 0 Å². The topological polar surface area (TPSA) is 88.8 Å². The molecule has 1 atom stereocenters. The first-order chi connectivity index (χ1) is 14.4. The molecule has 0 bridgehead atoms. The second-order valence-electron chi connectivity index (χ2n) is 8.59. The fourth-order valence-electron chi connectivity index (χ4n) is 4.36. The first-order valence-electron chi connectivity index (χ1n) is 10.8. The van der Waals surface area contributed by atoms with Gasteiger partial charge in [-0.3, -0.25) is 4.79 Å². The smallest absolute Gasteiger partial charge is 0.287 e. The molecule has 1 N–H and O–H groups in total. The molecule has 2 aromatic rings. The van der Waals surface area contributed by atoms with Gasteiger partial charge in [0.2, 0.25) is 10.0 Å². The van der Waals surface area contributed by atoms with E-state index in [1.165, 1.54) is 0 Å². The van der Waals surface area contributed by atoms with E-state index in [1.807, 2.05) is 0 Å². The Morgan fingerprint density at radius 1 is 1.23 bits per heavy atom. The number of sulfonamides is 1. The Labute approximate surface area is 177 Å². The second kappa shape index (κ2) is 8.69. The zero-order valence-corrected chi connectivity index (χ0v) is 18.5. The molecule has 2 saturated heterocycles. The fourth-order valence-corrected chi connectivity index (χ4v) is 5.98. The molecule has 3 heterocycles. The number of aryl methyl sites for hydroxylation is 1. The summed E-state index contributed by atoms with van der Waals surface area (Å²) in [5.41, 5.74) is 1.19. The van der Waals surface area contributed by atoms with Crippen LogP contribution in [0.25, 0.3) is 11.0 Å². The highest BCUT2D eigenvalue weighted by Gasteiger charge is 2.29. The number of furan rings is 1. The standard InChI is InChI=1S/C22H30N2O5S/c1-15-4-3-9-24(14-15)30(26,27)18-5-6-20-19(12-18)16(2)21(29-20)22(25)23-13-17-7-10-28-11-8-17/h5-6,12,15,17H,3-4,7-11,13-14H2,1-2H3,(H,23,25). The van der Waals surface area contributed by atoms with Gasteiger partial charge in [-0.25, -0.2) is 8.42 Å². The maximum absolute atomic E-state index is 13.1. The van der Waals surface area contributed by atoms with Crippen molar-refractivity contribution >= 4 is 26.9 Å². The molecule has 30 heavy (non-hydrogen) atoms. The van der Waals surface area contributed by atoms with Crippen LogP contribution in [0.5, 0.6) is 0 Å². The molecule has 0 radical (unpaired) electrons. The normalized spacial score (nSPS) is 21.7. The minimum atomic E-state index is -3.56. The molecular weight excluding hydrogens is 404 g/mol. The third-order valence-electron chi connectivity index (χ3n) is 6.26. The van der Waals surface area contributed by atoms with Gasteiger partial charge in [-0.1, -0.05) is 6.92 Å². The van der Waals surface area contributed by atoms with Gasteiger partial charge in [0.1, 0.15) is 5.58 Å². The highest BCUT2D eigenvalue weighted by Crippen LogP contribution is 2.30. The third kappa shape index (κ3) is 4.26. The Bertz CT molecular complexity index is 1020. The van der Waals surface area contributed by atoms with Crippen molar-refractivity contribution in [1.29, 1.82) is 0 Å². The first-order valence-corrected chi connectivity index (χ1v) is 12.2. The number of carbonyl (C=O) groups excluding carboxylic acids is 1. The second-order valence-corrected chi connectivity index (χ2v) is 10.5. The number of rotatable bonds is 5. The molecule has 7 nitrogen and oxygen atoms in total. The lowest BCUT2D eigenvalue weighted by Gasteiger charge is -2.30. The summed E-state index contributed by atoms with van der Waals surface area (Å²) >= 11 is 0. The van der Waals surface area contributed by atoms with Crippen LogP contribution < -0.4 is 5.32 Å². The number of ether oxygens (including phenoxy) is 1. The molecule has 0 saturated carbocycles. The lowest BCUT2D eigenvalue weighted by Crippen LogP contribution is -2.39. The van der Waals surface area contributed by atoms with Crippen molar-refractivity contribution in [1.82, 2.24) is 9.62 Å². The van der Waals surface area contributed by atoms with E-state index >= 15 is 0 Å². The predicted octanol–water partition coefficient (Wildman–Crippen LogP) is 3.32. The van der Waals surface area contributed by atoms with Gasteiger partial charge in [0.25, 0.3) is 5.91 Å². The number of nitrogens with one attached hydrogen (secondary N) is 1. The average Bonchev–Trinajstić information content (AvgIpc) is 3.09. The fraction of sp³-hybridized carbons (Fsp3) is 0.591. The van der Waals surface area contributed by atoms with E-state index in [4.69, 9.17) is 9.15 Å². The van der Waals surface area contributed by atoms with E-state index < -0.39 is 10.0 Å². The summed E-state index contributed by atoms with van der Waals surface area (Å²) in [5, 5.41) is 3.62. The van der Waals surface area contributed by atoms with E-state index in [1.54, 1.807) is 29.4 Å². The maximum Gasteiger partial charge on any atom is 0.287 e. The molecule has 2 aliphatic heterocycles. The van der Waals surface area contributed by atoms with Gasteiger partial charge < -0.3 is 14.5 Å². The van der Waals surface area contributed by atoms with Crippen LogP contribution >= 0.6 is 0 Å². The molecule has 1 aromatic heterocycles.